The molecule has 2 aromatic rings. The highest BCUT2D eigenvalue weighted by molar-refractivity contribution is 9.10. The van der Waals surface area contributed by atoms with Crippen molar-refractivity contribution in [2.45, 2.75) is 26.7 Å². The lowest BCUT2D eigenvalue weighted by molar-refractivity contribution is 0.841. The summed E-state index contributed by atoms with van der Waals surface area (Å²) in [5, 5.41) is 7.19. The highest BCUT2D eigenvalue weighted by atomic mass is 79.9. The molecular weight excluding hydrogens is 266 g/mol. The van der Waals surface area contributed by atoms with E-state index in [4.69, 9.17) is 0 Å². The number of halogens is 1. The van der Waals surface area contributed by atoms with Crippen LogP contribution in [0.25, 0.3) is 11.4 Å². The maximum Gasteiger partial charge on any atom is 0.182 e. The van der Waals surface area contributed by atoms with Gasteiger partial charge in [-0.05, 0) is 31.0 Å². The van der Waals surface area contributed by atoms with Crippen molar-refractivity contribution in [3.05, 3.63) is 34.1 Å². The van der Waals surface area contributed by atoms with E-state index in [-0.39, 0.29) is 0 Å². The van der Waals surface area contributed by atoms with Gasteiger partial charge in [-0.1, -0.05) is 28.9 Å². The van der Waals surface area contributed by atoms with E-state index in [0.29, 0.717) is 0 Å². The molecule has 0 spiro atoms. The van der Waals surface area contributed by atoms with Crippen LogP contribution in [-0.2, 0) is 6.42 Å². The number of aromatic nitrogens is 3. The predicted molar refractivity (Wildman–Crippen MR) is 68.3 cm³/mol. The molecule has 0 atom stereocenters. The summed E-state index contributed by atoms with van der Waals surface area (Å²) in [6, 6.07) is 6.18. The van der Waals surface area contributed by atoms with Crippen molar-refractivity contribution in [1.29, 1.82) is 0 Å². The topological polar surface area (TPSA) is 41.6 Å². The monoisotopic (exact) mass is 279 g/mol. The maximum atomic E-state index is 4.46. The van der Waals surface area contributed by atoms with E-state index in [9.17, 15) is 0 Å². The Morgan fingerprint density at radius 3 is 2.88 bits per heavy atom. The van der Waals surface area contributed by atoms with E-state index >= 15 is 0 Å². The number of nitrogens with one attached hydrogen (secondary N) is 1. The fourth-order valence-electron chi connectivity index (χ4n) is 1.57. The molecule has 0 fully saturated rings. The summed E-state index contributed by atoms with van der Waals surface area (Å²) in [4.78, 5) is 4.46. The van der Waals surface area contributed by atoms with E-state index < -0.39 is 0 Å². The lowest BCUT2D eigenvalue weighted by Crippen LogP contribution is -1.86. The van der Waals surface area contributed by atoms with Crippen molar-refractivity contribution in [3.63, 3.8) is 0 Å². The third-order valence-electron chi connectivity index (χ3n) is 2.38. The van der Waals surface area contributed by atoms with Crippen LogP contribution < -0.4 is 0 Å². The van der Waals surface area contributed by atoms with Gasteiger partial charge in [0, 0.05) is 16.5 Å². The van der Waals surface area contributed by atoms with Crippen molar-refractivity contribution in [2.24, 2.45) is 0 Å². The molecule has 4 heteroatoms. The second kappa shape index (κ2) is 4.78. The van der Waals surface area contributed by atoms with E-state index in [1.807, 2.05) is 6.07 Å². The van der Waals surface area contributed by atoms with E-state index in [0.717, 1.165) is 34.5 Å². The van der Waals surface area contributed by atoms with E-state index in [1.165, 1.54) is 5.56 Å². The summed E-state index contributed by atoms with van der Waals surface area (Å²) in [7, 11) is 0. The summed E-state index contributed by atoms with van der Waals surface area (Å²) in [5.74, 6) is 1.71. The van der Waals surface area contributed by atoms with Crippen LogP contribution in [0.15, 0.2) is 22.7 Å². The van der Waals surface area contributed by atoms with Crippen molar-refractivity contribution in [1.82, 2.24) is 15.2 Å². The minimum atomic E-state index is 0.760. The highest BCUT2D eigenvalue weighted by Crippen LogP contribution is 2.26. The maximum absolute atomic E-state index is 4.46. The zero-order valence-corrected chi connectivity index (χ0v) is 11.0. The first-order valence-electron chi connectivity index (χ1n) is 5.38. The van der Waals surface area contributed by atoms with Gasteiger partial charge < -0.3 is 0 Å². The van der Waals surface area contributed by atoms with Gasteiger partial charge in [0.15, 0.2) is 5.82 Å². The quantitative estimate of drug-likeness (QED) is 0.935. The van der Waals surface area contributed by atoms with Gasteiger partial charge in [-0.15, -0.1) is 0 Å². The normalized spacial score (nSPS) is 10.7. The second-order valence-electron chi connectivity index (χ2n) is 3.84. The summed E-state index contributed by atoms with van der Waals surface area (Å²) in [6.45, 7) is 4.19. The number of hydrogen-bond acceptors (Lipinski definition) is 2. The number of benzene rings is 1. The smallest absolute Gasteiger partial charge is 0.182 e. The Labute approximate surface area is 103 Å². The molecule has 0 amide bonds. The number of hydrogen-bond donors (Lipinski definition) is 1. The molecule has 0 radical (unpaired) electrons. The molecule has 0 unspecified atom stereocenters. The van der Waals surface area contributed by atoms with Crippen LogP contribution >= 0.6 is 15.9 Å². The molecule has 3 nitrogen and oxygen atoms in total. The van der Waals surface area contributed by atoms with Crippen LogP contribution in [0.4, 0.5) is 0 Å². The molecule has 0 aliphatic carbocycles. The molecule has 0 saturated carbocycles. The van der Waals surface area contributed by atoms with Gasteiger partial charge in [0.2, 0.25) is 0 Å². The van der Waals surface area contributed by atoms with Crippen LogP contribution in [0.2, 0.25) is 0 Å². The predicted octanol–water partition coefficient (Wildman–Crippen LogP) is 3.50. The second-order valence-corrected chi connectivity index (χ2v) is 4.69. The average Bonchev–Trinajstić information content (AvgIpc) is 2.67. The molecule has 84 valence electrons. The molecule has 0 aliphatic heterocycles. The number of H-pyrrole nitrogens is 1. The van der Waals surface area contributed by atoms with Crippen molar-refractivity contribution >= 4 is 15.9 Å². The fraction of sp³-hybridized carbons (Fsp3) is 0.333. The van der Waals surface area contributed by atoms with Gasteiger partial charge in [0.1, 0.15) is 5.82 Å². The average molecular weight is 280 g/mol. The molecule has 0 bridgehead atoms. The number of aromatic amines is 1. The van der Waals surface area contributed by atoms with Crippen LogP contribution in [0.5, 0.6) is 0 Å². The number of aryl methyl sites for hydroxylation is 2. The number of rotatable bonds is 3. The zero-order chi connectivity index (χ0) is 11.5. The Morgan fingerprint density at radius 1 is 1.38 bits per heavy atom. The van der Waals surface area contributed by atoms with Crippen molar-refractivity contribution in [3.8, 4) is 11.4 Å². The minimum absolute atomic E-state index is 0.760. The standard InChI is InChI=1S/C12H14BrN3/c1-3-4-11-14-12(16-15-11)9-6-5-8(2)7-10(9)13/h5-7H,3-4H2,1-2H3,(H,14,15,16). The molecule has 16 heavy (non-hydrogen) atoms. The van der Waals surface area contributed by atoms with Gasteiger partial charge in [-0.2, -0.15) is 5.10 Å². The third-order valence-corrected chi connectivity index (χ3v) is 3.04. The molecule has 0 saturated heterocycles. The van der Waals surface area contributed by atoms with Crippen LogP contribution in [0.1, 0.15) is 24.7 Å². The lowest BCUT2D eigenvalue weighted by atomic mass is 10.1. The van der Waals surface area contributed by atoms with Crippen LogP contribution in [0, 0.1) is 6.92 Å². The molecule has 2 rings (SSSR count). The Morgan fingerprint density at radius 2 is 2.19 bits per heavy atom. The Balaban J connectivity index is 2.35. The first kappa shape index (κ1) is 11.3. The van der Waals surface area contributed by atoms with Crippen LogP contribution in [0.3, 0.4) is 0 Å². The molecule has 1 aromatic heterocycles. The van der Waals surface area contributed by atoms with Crippen LogP contribution in [-0.4, -0.2) is 15.2 Å². The summed E-state index contributed by atoms with van der Waals surface area (Å²) in [6.07, 6.45) is 2.01. The van der Waals surface area contributed by atoms with Gasteiger partial charge in [-0.25, -0.2) is 4.98 Å². The Kier molecular flexibility index (Phi) is 3.39. The van der Waals surface area contributed by atoms with Gasteiger partial charge >= 0.3 is 0 Å². The molecule has 1 N–H and O–H groups in total. The molecule has 1 heterocycles. The Hall–Kier alpha value is -1.16. The minimum Gasteiger partial charge on any atom is -0.263 e. The van der Waals surface area contributed by atoms with Crippen molar-refractivity contribution < 1.29 is 0 Å². The third kappa shape index (κ3) is 2.32. The zero-order valence-electron chi connectivity index (χ0n) is 9.42. The molecule has 0 aliphatic rings. The van der Waals surface area contributed by atoms with E-state index in [1.54, 1.807) is 0 Å². The summed E-state index contributed by atoms with van der Waals surface area (Å²) in [5.41, 5.74) is 2.25. The SMILES string of the molecule is CCCc1nc(-c2ccc(C)cc2Br)n[nH]1. The first-order chi connectivity index (χ1) is 7.70. The van der Waals surface area contributed by atoms with E-state index in [2.05, 4.69) is 57.1 Å². The number of nitrogens with zero attached hydrogens (tertiary/aromatic N) is 2. The van der Waals surface area contributed by atoms with Crippen molar-refractivity contribution in [2.75, 3.05) is 0 Å². The first-order valence-corrected chi connectivity index (χ1v) is 6.18. The van der Waals surface area contributed by atoms with Gasteiger partial charge in [-0.3, -0.25) is 5.10 Å². The van der Waals surface area contributed by atoms with Gasteiger partial charge in [0.25, 0.3) is 0 Å². The summed E-state index contributed by atoms with van der Waals surface area (Å²) < 4.78 is 1.04. The lowest BCUT2D eigenvalue weighted by Gasteiger charge is -2.00. The largest absolute Gasteiger partial charge is 0.263 e. The molecule has 1 aromatic carbocycles. The fourth-order valence-corrected chi connectivity index (χ4v) is 2.24. The summed E-state index contributed by atoms with van der Waals surface area (Å²) >= 11 is 3.54. The van der Waals surface area contributed by atoms with Gasteiger partial charge in [0.05, 0.1) is 0 Å². The molecular formula is C12H14BrN3. The highest BCUT2D eigenvalue weighted by Gasteiger charge is 2.08. The Bertz CT molecular complexity index is 491.